The lowest BCUT2D eigenvalue weighted by atomic mass is 9.88. The van der Waals surface area contributed by atoms with Crippen molar-refractivity contribution in [1.82, 2.24) is 0 Å². The summed E-state index contributed by atoms with van der Waals surface area (Å²) in [5.74, 6) is -0.430. The molecule has 0 aliphatic heterocycles. The number of nitrogens with one attached hydrogen (secondary N) is 1. The fraction of sp³-hybridized carbons (Fsp3) is 0.636. The molecule has 0 saturated heterocycles. The average molecular weight is 211 g/mol. The minimum absolute atomic E-state index is 0.0548. The molecule has 1 aromatic carbocycles. The van der Waals surface area contributed by atoms with E-state index >= 15 is 0 Å². The lowest BCUT2D eigenvalue weighted by Gasteiger charge is -2.25. The second-order valence-corrected chi connectivity index (χ2v) is 5.19. The van der Waals surface area contributed by atoms with Crippen molar-refractivity contribution >= 4 is 5.69 Å². The number of aromatic hydroxyl groups is 1. The van der Waals surface area contributed by atoms with Gasteiger partial charge in [-0.3, -0.25) is 9.59 Å². The van der Waals surface area contributed by atoms with Crippen LogP contribution in [0.4, 0.5) is 5.69 Å². The first-order chi connectivity index (χ1) is 6.72. The van der Waals surface area contributed by atoms with Crippen LogP contribution in [0.25, 0.3) is 0 Å². The number of anilines is 1. The molecule has 4 nitrogen and oxygen atoms in total. The van der Waals surface area contributed by atoms with Gasteiger partial charge in [-0.15, -0.1) is 0 Å². The van der Waals surface area contributed by atoms with E-state index in [2.05, 4.69) is 26.1 Å². The summed E-state index contributed by atoms with van der Waals surface area (Å²) in [5.41, 5.74) is -1.20. The Morgan fingerprint density at radius 2 is 1.80 bits per heavy atom. The Morgan fingerprint density at radius 1 is 1.27 bits per heavy atom. The molecule has 4 heteroatoms. The van der Waals surface area contributed by atoms with Crippen molar-refractivity contribution in [1.29, 1.82) is 0 Å². The molecule has 0 bridgehead atoms. The molecule has 0 amide bonds. The highest BCUT2D eigenvalue weighted by atomic mass is 16.3. The fourth-order valence-corrected chi connectivity index (χ4v) is 1.73. The molecular weight excluding hydrogens is 194 g/mol. The SMILES string of the molecule is CC(CC(C)(C)C)Nc1c(O)c(=O)c1=O. The zero-order valence-electron chi connectivity index (χ0n) is 9.55. The van der Waals surface area contributed by atoms with Gasteiger partial charge in [0.15, 0.2) is 5.75 Å². The Labute approximate surface area is 88.6 Å². The van der Waals surface area contributed by atoms with Gasteiger partial charge in [0, 0.05) is 6.04 Å². The van der Waals surface area contributed by atoms with E-state index < -0.39 is 16.6 Å². The Morgan fingerprint density at radius 3 is 2.20 bits per heavy atom. The van der Waals surface area contributed by atoms with Crippen molar-refractivity contribution in [2.45, 2.75) is 40.2 Å². The summed E-state index contributed by atoms with van der Waals surface area (Å²) in [7, 11) is 0. The molecule has 0 aromatic heterocycles. The van der Waals surface area contributed by atoms with E-state index in [4.69, 9.17) is 5.11 Å². The standard InChI is InChI=1S/C11H17NO3/c1-6(5-11(2,3)4)12-7-8(13)10(15)9(7)14/h6,12-13H,5H2,1-4H3. The zero-order chi connectivity index (χ0) is 11.8. The van der Waals surface area contributed by atoms with Gasteiger partial charge in [0.05, 0.1) is 0 Å². The third-order valence-corrected chi connectivity index (χ3v) is 2.19. The molecule has 1 atom stereocenters. The predicted molar refractivity (Wildman–Crippen MR) is 60.2 cm³/mol. The molecule has 1 aromatic rings. The van der Waals surface area contributed by atoms with Crippen LogP contribution >= 0.6 is 0 Å². The Bertz CT molecular complexity index is 421. The minimum Gasteiger partial charge on any atom is -0.502 e. The van der Waals surface area contributed by atoms with Crippen molar-refractivity contribution in [2.24, 2.45) is 5.41 Å². The van der Waals surface area contributed by atoms with Gasteiger partial charge in [-0.25, -0.2) is 0 Å². The zero-order valence-corrected chi connectivity index (χ0v) is 9.55. The lowest BCUT2D eigenvalue weighted by molar-refractivity contribution is 0.356. The van der Waals surface area contributed by atoms with E-state index in [0.29, 0.717) is 0 Å². The van der Waals surface area contributed by atoms with E-state index in [-0.39, 0.29) is 17.1 Å². The minimum atomic E-state index is -0.791. The maximum absolute atomic E-state index is 11.0. The molecular formula is C11H17NO3. The number of rotatable bonds is 3. The van der Waals surface area contributed by atoms with Crippen molar-refractivity contribution in [3.05, 3.63) is 20.4 Å². The Kier molecular flexibility index (Phi) is 2.88. The third kappa shape index (κ3) is 2.58. The Hall–Kier alpha value is -1.32. The molecule has 0 spiro atoms. The van der Waals surface area contributed by atoms with Gasteiger partial charge in [-0.05, 0) is 18.8 Å². The first-order valence-corrected chi connectivity index (χ1v) is 5.01. The summed E-state index contributed by atoms with van der Waals surface area (Å²) < 4.78 is 0. The molecule has 0 aliphatic rings. The van der Waals surface area contributed by atoms with Gasteiger partial charge >= 0.3 is 0 Å². The summed E-state index contributed by atoms with van der Waals surface area (Å²) in [6.45, 7) is 8.19. The fourth-order valence-electron chi connectivity index (χ4n) is 1.73. The quantitative estimate of drug-likeness (QED) is 0.738. The summed E-state index contributed by atoms with van der Waals surface area (Å²) in [4.78, 5) is 21.8. The molecule has 1 unspecified atom stereocenters. The average Bonchev–Trinajstić information content (AvgIpc) is 2.09. The first-order valence-electron chi connectivity index (χ1n) is 5.01. The monoisotopic (exact) mass is 211 g/mol. The topological polar surface area (TPSA) is 66.4 Å². The van der Waals surface area contributed by atoms with Crippen LogP contribution in [-0.4, -0.2) is 11.1 Å². The van der Waals surface area contributed by atoms with Gasteiger partial charge in [0.1, 0.15) is 5.69 Å². The van der Waals surface area contributed by atoms with Crippen LogP contribution in [0.1, 0.15) is 34.1 Å². The lowest BCUT2D eigenvalue weighted by Crippen LogP contribution is -2.36. The molecule has 0 heterocycles. The molecule has 0 radical (unpaired) electrons. The van der Waals surface area contributed by atoms with Gasteiger partial charge in [-0.2, -0.15) is 0 Å². The Balaban J connectivity index is 2.65. The van der Waals surface area contributed by atoms with Crippen LogP contribution in [0.3, 0.4) is 0 Å². The van der Waals surface area contributed by atoms with Gasteiger partial charge in [-0.1, -0.05) is 20.8 Å². The predicted octanol–water partition coefficient (Wildman–Crippen LogP) is 1.22. The molecule has 84 valence electrons. The molecule has 2 N–H and O–H groups in total. The maximum Gasteiger partial charge on any atom is 0.271 e. The van der Waals surface area contributed by atoms with E-state index in [1.807, 2.05) is 6.92 Å². The first kappa shape index (κ1) is 11.8. The maximum atomic E-state index is 11.0. The second-order valence-electron chi connectivity index (χ2n) is 5.19. The number of hydrogen-bond acceptors (Lipinski definition) is 4. The molecule has 15 heavy (non-hydrogen) atoms. The highest BCUT2D eigenvalue weighted by Gasteiger charge is 2.23. The van der Waals surface area contributed by atoms with E-state index in [9.17, 15) is 9.59 Å². The van der Waals surface area contributed by atoms with Crippen LogP contribution in [0.2, 0.25) is 0 Å². The van der Waals surface area contributed by atoms with Crippen molar-refractivity contribution in [3.8, 4) is 5.75 Å². The van der Waals surface area contributed by atoms with Crippen LogP contribution in [0.5, 0.6) is 5.75 Å². The molecule has 1 rings (SSSR count). The smallest absolute Gasteiger partial charge is 0.271 e. The van der Waals surface area contributed by atoms with Gasteiger partial charge < -0.3 is 10.4 Å². The second kappa shape index (κ2) is 3.68. The van der Waals surface area contributed by atoms with Crippen LogP contribution in [0, 0.1) is 5.41 Å². The third-order valence-electron chi connectivity index (χ3n) is 2.19. The van der Waals surface area contributed by atoms with Gasteiger partial charge in [0.25, 0.3) is 10.9 Å². The normalized spacial score (nSPS) is 14.1. The van der Waals surface area contributed by atoms with Crippen LogP contribution < -0.4 is 16.2 Å². The van der Waals surface area contributed by atoms with E-state index in [1.165, 1.54) is 0 Å². The highest BCUT2D eigenvalue weighted by Crippen LogP contribution is 2.24. The van der Waals surface area contributed by atoms with Gasteiger partial charge in [0.2, 0.25) is 0 Å². The summed E-state index contributed by atoms with van der Waals surface area (Å²) in [6.07, 6.45) is 0.852. The van der Waals surface area contributed by atoms with Crippen LogP contribution in [0.15, 0.2) is 9.59 Å². The number of hydrogen-bond donors (Lipinski definition) is 2. The highest BCUT2D eigenvalue weighted by molar-refractivity contribution is 5.61. The summed E-state index contributed by atoms with van der Waals surface area (Å²) >= 11 is 0. The van der Waals surface area contributed by atoms with E-state index in [0.717, 1.165) is 6.42 Å². The van der Waals surface area contributed by atoms with E-state index in [1.54, 1.807) is 0 Å². The van der Waals surface area contributed by atoms with Crippen molar-refractivity contribution in [2.75, 3.05) is 5.32 Å². The summed E-state index contributed by atoms with van der Waals surface area (Å²) in [5, 5.41) is 12.0. The molecule has 0 aliphatic carbocycles. The van der Waals surface area contributed by atoms with Crippen molar-refractivity contribution < 1.29 is 5.11 Å². The largest absolute Gasteiger partial charge is 0.502 e. The van der Waals surface area contributed by atoms with Crippen LogP contribution in [-0.2, 0) is 0 Å². The molecule has 0 saturated carbocycles. The molecule has 0 fully saturated rings. The summed E-state index contributed by atoms with van der Waals surface area (Å²) in [6, 6.07) is 0.0548. The van der Waals surface area contributed by atoms with Crippen molar-refractivity contribution in [3.63, 3.8) is 0 Å².